The number of hydrogen-bond acceptors (Lipinski definition) is 2. The van der Waals surface area contributed by atoms with E-state index in [-0.39, 0.29) is 0 Å². The summed E-state index contributed by atoms with van der Waals surface area (Å²) in [6, 6.07) is 0.678. The van der Waals surface area contributed by atoms with E-state index in [1.165, 1.54) is 51.9 Å². The van der Waals surface area contributed by atoms with E-state index in [0.717, 1.165) is 5.92 Å². The Balaban J connectivity index is 2.08. The highest BCUT2D eigenvalue weighted by Gasteiger charge is 2.12. The second kappa shape index (κ2) is 7.24. The molecule has 0 aliphatic carbocycles. The van der Waals surface area contributed by atoms with E-state index in [4.69, 9.17) is 0 Å². The van der Waals surface area contributed by atoms with Crippen LogP contribution < -0.4 is 5.32 Å². The average molecular weight is 212 g/mol. The normalized spacial score (nSPS) is 24.4. The molecule has 1 fully saturated rings. The minimum absolute atomic E-state index is 0.678. The lowest BCUT2D eigenvalue weighted by Gasteiger charge is -2.22. The van der Waals surface area contributed by atoms with Crippen LogP contribution in [-0.4, -0.2) is 37.1 Å². The quantitative estimate of drug-likeness (QED) is 0.704. The Morgan fingerprint density at radius 2 is 2.13 bits per heavy atom. The first kappa shape index (κ1) is 13.0. The van der Waals surface area contributed by atoms with Crippen molar-refractivity contribution in [2.45, 2.75) is 52.5 Å². The molecule has 0 saturated carbocycles. The van der Waals surface area contributed by atoms with Gasteiger partial charge in [-0.2, -0.15) is 0 Å². The molecule has 1 aliphatic rings. The molecule has 1 aliphatic heterocycles. The van der Waals surface area contributed by atoms with Crippen molar-refractivity contribution < 1.29 is 0 Å². The summed E-state index contributed by atoms with van der Waals surface area (Å²) in [6.45, 7) is 12.0. The topological polar surface area (TPSA) is 15.3 Å². The summed E-state index contributed by atoms with van der Waals surface area (Å²) in [5, 5.41) is 3.54. The zero-order valence-corrected chi connectivity index (χ0v) is 10.8. The summed E-state index contributed by atoms with van der Waals surface area (Å²) >= 11 is 0. The largest absolute Gasteiger partial charge is 0.313 e. The third-order valence-electron chi connectivity index (χ3n) is 3.18. The average Bonchev–Trinajstić information content (AvgIpc) is 2.37. The minimum atomic E-state index is 0.678. The Kier molecular flexibility index (Phi) is 6.26. The zero-order valence-electron chi connectivity index (χ0n) is 10.8. The van der Waals surface area contributed by atoms with E-state index < -0.39 is 0 Å². The summed E-state index contributed by atoms with van der Waals surface area (Å²) in [6.07, 6.45) is 5.48. The predicted molar refractivity (Wildman–Crippen MR) is 67.2 cm³/mol. The molecular formula is C13H28N2. The van der Waals surface area contributed by atoms with Crippen LogP contribution in [0, 0.1) is 5.92 Å². The molecule has 0 aromatic rings. The van der Waals surface area contributed by atoms with E-state index >= 15 is 0 Å². The maximum Gasteiger partial charge on any atom is 0.0166 e. The molecular weight excluding hydrogens is 184 g/mol. The molecule has 1 atom stereocenters. The molecule has 1 N–H and O–H groups in total. The molecule has 90 valence electrons. The van der Waals surface area contributed by atoms with Gasteiger partial charge in [0.15, 0.2) is 0 Å². The van der Waals surface area contributed by atoms with Crippen molar-refractivity contribution in [3.63, 3.8) is 0 Å². The van der Waals surface area contributed by atoms with Gasteiger partial charge in [0.05, 0.1) is 0 Å². The second-order valence-corrected chi connectivity index (χ2v) is 5.40. The van der Waals surface area contributed by atoms with Gasteiger partial charge in [-0.1, -0.05) is 26.7 Å². The molecule has 1 rings (SSSR count). The van der Waals surface area contributed by atoms with Crippen molar-refractivity contribution in [1.82, 2.24) is 10.2 Å². The number of rotatable bonds is 5. The van der Waals surface area contributed by atoms with Gasteiger partial charge in [0.1, 0.15) is 0 Å². The van der Waals surface area contributed by atoms with Crippen LogP contribution in [0.4, 0.5) is 0 Å². The van der Waals surface area contributed by atoms with Crippen LogP contribution in [0.1, 0.15) is 46.5 Å². The first-order valence-electron chi connectivity index (χ1n) is 6.64. The number of hydrogen-bond donors (Lipinski definition) is 1. The van der Waals surface area contributed by atoms with Crippen molar-refractivity contribution in [2.24, 2.45) is 5.92 Å². The SMILES string of the molecule is CC(C)CCCCN1CCCNC(C)C1. The van der Waals surface area contributed by atoms with Crippen molar-refractivity contribution >= 4 is 0 Å². The van der Waals surface area contributed by atoms with Crippen molar-refractivity contribution in [3.05, 3.63) is 0 Å². The van der Waals surface area contributed by atoms with Gasteiger partial charge in [0.2, 0.25) is 0 Å². The monoisotopic (exact) mass is 212 g/mol. The Labute approximate surface area is 95.4 Å². The van der Waals surface area contributed by atoms with Crippen molar-refractivity contribution in [3.8, 4) is 0 Å². The summed E-state index contributed by atoms with van der Waals surface area (Å²) in [4.78, 5) is 2.63. The molecule has 0 amide bonds. The van der Waals surface area contributed by atoms with Crippen LogP contribution in [0.15, 0.2) is 0 Å². The highest BCUT2D eigenvalue weighted by Crippen LogP contribution is 2.08. The van der Waals surface area contributed by atoms with E-state index in [1.807, 2.05) is 0 Å². The van der Waals surface area contributed by atoms with Crippen LogP contribution >= 0.6 is 0 Å². The van der Waals surface area contributed by atoms with Crippen LogP contribution in [0.5, 0.6) is 0 Å². The van der Waals surface area contributed by atoms with Crippen LogP contribution in [0.2, 0.25) is 0 Å². The first-order valence-corrected chi connectivity index (χ1v) is 6.64. The molecule has 1 heterocycles. The van der Waals surface area contributed by atoms with E-state index in [1.54, 1.807) is 0 Å². The molecule has 2 nitrogen and oxygen atoms in total. The fourth-order valence-corrected chi connectivity index (χ4v) is 2.29. The summed E-state index contributed by atoms with van der Waals surface area (Å²) < 4.78 is 0. The highest BCUT2D eigenvalue weighted by molar-refractivity contribution is 4.72. The minimum Gasteiger partial charge on any atom is -0.313 e. The van der Waals surface area contributed by atoms with Crippen LogP contribution in [-0.2, 0) is 0 Å². The second-order valence-electron chi connectivity index (χ2n) is 5.40. The number of nitrogens with zero attached hydrogens (tertiary/aromatic N) is 1. The Morgan fingerprint density at radius 1 is 1.33 bits per heavy atom. The molecule has 1 saturated heterocycles. The maximum absolute atomic E-state index is 3.54. The fraction of sp³-hybridized carbons (Fsp3) is 1.00. The Hall–Kier alpha value is -0.0800. The third kappa shape index (κ3) is 6.16. The zero-order chi connectivity index (χ0) is 11.1. The summed E-state index contributed by atoms with van der Waals surface area (Å²) in [5.41, 5.74) is 0. The van der Waals surface area contributed by atoms with Gasteiger partial charge in [-0.05, 0) is 45.3 Å². The third-order valence-corrected chi connectivity index (χ3v) is 3.18. The van der Waals surface area contributed by atoms with Gasteiger partial charge in [-0.15, -0.1) is 0 Å². The van der Waals surface area contributed by atoms with Gasteiger partial charge in [-0.25, -0.2) is 0 Å². The molecule has 15 heavy (non-hydrogen) atoms. The van der Waals surface area contributed by atoms with Gasteiger partial charge < -0.3 is 10.2 Å². The lowest BCUT2D eigenvalue weighted by Crippen LogP contribution is -2.35. The first-order chi connectivity index (χ1) is 7.18. The molecule has 0 spiro atoms. The Bertz CT molecular complexity index is 157. The van der Waals surface area contributed by atoms with E-state index in [2.05, 4.69) is 31.0 Å². The van der Waals surface area contributed by atoms with E-state index in [9.17, 15) is 0 Å². The molecule has 1 unspecified atom stereocenters. The maximum atomic E-state index is 3.54. The molecule has 0 radical (unpaired) electrons. The van der Waals surface area contributed by atoms with Crippen LogP contribution in [0.25, 0.3) is 0 Å². The van der Waals surface area contributed by atoms with Gasteiger partial charge >= 0.3 is 0 Å². The van der Waals surface area contributed by atoms with Crippen molar-refractivity contribution in [2.75, 3.05) is 26.2 Å². The number of unbranched alkanes of at least 4 members (excludes halogenated alkanes) is 1. The lowest BCUT2D eigenvalue weighted by molar-refractivity contribution is 0.264. The molecule has 0 aromatic heterocycles. The smallest absolute Gasteiger partial charge is 0.0166 e. The van der Waals surface area contributed by atoms with Gasteiger partial charge in [-0.3, -0.25) is 0 Å². The standard InChI is InChI=1S/C13H28N2/c1-12(2)7-4-5-9-15-10-6-8-14-13(3)11-15/h12-14H,4-11H2,1-3H3. The molecule has 0 aromatic carbocycles. The highest BCUT2D eigenvalue weighted by atomic mass is 15.2. The molecule has 0 bridgehead atoms. The van der Waals surface area contributed by atoms with Gasteiger partial charge in [0.25, 0.3) is 0 Å². The predicted octanol–water partition coefficient (Wildman–Crippen LogP) is 2.50. The fourth-order valence-electron chi connectivity index (χ4n) is 2.29. The summed E-state index contributed by atoms with van der Waals surface area (Å²) in [5.74, 6) is 0.870. The number of nitrogens with one attached hydrogen (secondary N) is 1. The van der Waals surface area contributed by atoms with Gasteiger partial charge in [0, 0.05) is 12.6 Å². The van der Waals surface area contributed by atoms with Crippen LogP contribution in [0.3, 0.4) is 0 Å². The molecule has 2 heteroatoms. The van der Waals surface area contributed by atoms with E-state index in [0.29, 0.717) is 6.04 Å². The summed E-state index contributed by atoms with van der Waals surface area (Å²) in [7, 11) is 0. The van der Waals surface area contributed by atoms with Crippen molar-refractivity contribution in [1.29, 1.82) is 0 Å². The lowest BCUT2D eigenvalue weighted by atomic mass is 10.1. The Morgan fingerprint density at radius 3 is 2.87 bits per heavy atom.